The molecule has 0 aliphatic carbocycles. The minimum absolute atomic E-state index is 0.0366. The van der Waals surface area contributed by atoms with Crippen molar-refractivity contribution in [2.75, 3.05) is 0 Å². The van der Waals surface area contributed by atoms with Gasteiger partial charge in [-0.25, -0.2) is 8.78 Å². The first-order valence-electron chi connectivity index (χ1n) is 13.0. The van der Waals surface area contributed by atoms with Gasteiger partial charge < -0.3 is 20.5 Å². The fourth-order valence-corrected chi connectivity index (χ4v) is 3.82. The Bertz CT molecular complexity index is 1280. The summed E-state index contributed by atoms with van der Waals surface area (Å²) in [7, 11) is 0. The lowest BCUT2D eigenvalue weighted by molar-refractivity contribution is -0.137. The second kappa shape index (κ2) is 15.3. The molecule has 8 heteroatoms. The molecule has 0 spiro atoms. The molecule has 6 nitrogen and oxygen atoms in total. The number of hydrogen-bond donors (Lipinski definition) is 3. The van der Waals surface area contributed by atoms with Gasteiger partial charge in [-0.3, -0.25) is 9.59 Å². The SMILES string of the molecule is C=C1/C=C\C(F)=C/C/C=C(/C(=O)NC(C)c2cc(F)cc(Oc3ccc(CCC(=O)O)c(CC)c3)c2)N1.CC. The van der Waals surface area contributed by atoms with Crippen molar-refractivity contribution in [1.82, 2.24) is 10.6 Å². The fourth-order valence-electron chi connectivity index (χ4n) is 3.82. The molecular weight excluding hydrogens is 502 g/mol. The zero-order valence-corrected chi connectivity index (χ0v) is 22.8. The number of carbonyl (C=O) groups is 2. The van der Waals surface area contributed by atoms with Gasteiger partial charge in [0.1, 0.15) is 28.8 Å². The van der Waals surface area contributed by atoms with E-state index < -0.39 is 29.6 Å². The van der Waals surface area contributed by atoms with Gasteiger partial charge >= 0.3 is 5.97 Å². The number of aryl methyl sites for hydroxylation is 2. The maximum absolute atomic E-state index is 14.5. The van der Waals surface area contributed by atoms with E-state index in [1.807, 2.05) is 32.9 Å². The molecular formula is C31H36F2N2O4. The van der Waals surface area contributed by atoms with Gasteiger partial charge in [-0.15, -0.1) is 0 Å². The van der Waals surface area contributed by atoms with Gasteiger partial charge in [0.15, 0.2) is 0 Å². The highest BCUT2D eigenvalue weighted by Crippen LogP contribution is 2.28. The van der Waals surface area contributed by atoms with Crippen LogP contribution in [0.15, 0.2) is 84.5 Å². The van der Waals surface area contributed by atoms with Gasteiger partial charge in [0.25, 0.3) is 5.91 Å². The Labute approximate surface area is 228 Å². The van der Waals surface area contributed by atoms with Crippen molar-refractivity contribution >= 4 is 11.9 Å². The Hall–Kier alpha value is -4.20. The smallest absolute Gasteiger partial charge is 0.303 e. The number of benzene rings is 2. The second-order valence-electron chi connectivity index (χ2n) is 8.62. The van der Waals surface area contributed by atoms with Crippen LogP contribution in [0, 0.1) is 5.82 Å². The highest BCUT2D eigenvalue weighted by molar-refractivity contribution is 5.93. The van der Waals surface area contributed by atoms with Crippen molar-refractivity contribution < 1.29 is 28.2 Å². The van der Waals surface area contributed by atoms with E-state index in [-0.39, 0.29) is 24.3 Å². The van der Waals surface area contributed by atoms with E-state index in [0.717, 1.165) is 11.1 Å². The number of hydrogen-bond acceptors (Lipinski definition) is 4. The third-order valence-corrected chi connectivity index (χ3v) is 5.76. The van der Waals surface area contributed by atoms with Gasteiger partial charge in [0.2, 0.25) is 0 Å². The molecule has 0 aromatic heterocycles. The van der Waals surface area contributed by atoms with Crippen LogP contribution < -0.4 is 15.4 Å². The fraction of sp³-hybridized carbons (Fsp3) is 0.290. The molecule has 0 fully saturated rings. The van der Waals surface area contributed by atoms with Crippen molar-refractivity contribution in [1.29, 1.82) is 0 Å². The van der Waals surface area contributed by atoms with Crippen molar-refractivity contribution in [3.8, 4) is 11.5 Å². The van der Waals surface area contributed by atoms with Crippen molar-refractivity contribution in [3.05, 3.63) is 107 Å². The Morgan fingerprint density at radius 1 is 1.08 bits per heavy atom. The summed E-state index contributed by atoms with van der Waals surface area (Å²) in [5.74, 6) is -1.51. The molecule has 1 atom stereocenters. The largest absolute Gasteiger partial charge is 0.481 e. The zero-order valence-electron chi connectivity index (χ0n) is 22.8. The molecule has 1 aliphatic heterocycles. The summed E-state index contributed by atoms with van der Waals surface area (Å²) in [5.41, 5.74) is 2.93. The first kappa shape index (κ1) is 31.0. The van der Waals surface area contributed by atoms with Crippen LogP contribution in [0.2, 0.25) is 0 Å². The van der Waals surface area contributed by atoms with Crippen LogP contribution in [-0.2, 0) is 22.4 Å². The van der Waals surface area contributed by atoms with E-state index in [2.05, 4.69) is 17.2 Å². The molecule has 208 valence electrons. The third-order valence-electron chi connectivity index (χ3n) is 5.76. The number of ether oxygens (including phenoxy) is 1. The Kier molecular flexibility index (Phi) is 12.1. The molecule has 2 aromatic rings. The van der Waals surface area contributed by atoms with E-state index in [1.165, 1.54) is 30.4 Å². The van der Waals surface area contributed by atoms with Crippen LogP contribution >= 0.6 is 0 Å². The molecule has 0 radical (unpaired) electrons. The van der Waals surface area contributed by atoms with Gasteiger partial charge in [0, 0.05) is 18.2 Å². The predicted octanol–water partition coefficient (Wildman–Crippen LogP) is 7.20. The normalized spacial score (nSPS) is 17.2. The average molecular weight is 539 g/mol. The number of nitrogens with one attached hydrogen (secondary N) is 2. The van der Waals surface area contributed by atoms with Crippen LogP contribution in [0.3, 0.4) is 0 Å². The number of aliphatic carboxylic acids is 1. The average Bonchev–Trinajstić information content (AvgIpc) is 2.99. The first-order chi connectivity index (χ1) is 18.6. The summed E-state index contributed by atoms with van der Waals surface area (Å²) in [4.78, 5) is 23.8. The Balaban J connectivity index is 0.00000260. The number of carboxylic acids is 1. The van der Waals surface area contributed by atoms with Crippen molar-refractivity contribution in [2.45, 2.75) is 59.4 Å². The standard InChI is InChI=1S/C29H30F2N2O4.C2H6/c1-4-20-15-25(12-9-21(20)10-13-28(34)35)37-26-16-22(14-24(31)17-26)19(3)33-29(36)27-7-5-6-23(30)11-8-18(2)32-27;1-2/h6-9,11-12,14-17,19,32H,2,4-5,10,13H2,1,3H3,(H,33,36)(H,34,35);1-2H3/b11-8-,23-6+,27-7-;. The molecule has 3 rings (SSSR count). The Morgan fingerprint density at radius 2 is 1.82 bits per heavy atom. The lowest BCUT2D eigenvalue weighted by Gasteiger charge is -2.18. The second-order valence-corrected chi connectivity index (χ2v) is 8.62. The summed E-state index contributed by atoms with van der Waals surface area (Å²) in [6.07, 6.45) is 6.93. The zero-order chi connectivity index (χ0) is 28.9. The van der Waals surface area contributed by atoms with Gasteiger partial charge in [-0.2, -0.15) is 0 Å². The number of carboxylic acid groups (broad SMARTS) is 1. The van der Waals surface area contributed by atoms with Crippen LogP contribution in [0.4, 0.5) is 8.78 Å². The van der Waals surface area contributed by atoms with Crippen LogP contribution in [0.25, 0.3) is 0 Å². The molecule has 2 aromatic carbocycles. The number of rotatable bonds is 9. The molecule has 1 amide bonds. The van der Waals surface area contributed by atoms with E-state index >= 15 is 0 Å². The first-order valence-corrected chi connectivity index (χ1v) is 13.0. The highest BCUT2D eigenvalue weighted by atomic mass is 19.1. The molecule has 39 heavy (non-hydrogen) atoms. The molecule has 0 saturated heterocycles. The minimum Gasteiger partial charge on any atom is -0.481 e. The number of allylic oxidation sites excluding steroid dienone is 5. The number of halogens is 2. The molecule has 1 heterocycles. The van der Waals surface area contributed by atoms with Crippen molar-refractivity contribution in [3.63, 3.8) is 0 Å². The monoisotopic (exact) mass is 538 g/mol. The third kappa shape index (κ3) is 9.89. The number of carbonyl (C=O) groups excluding carboxylic acids is 1. The highest BCUT2D eigenvalue weighted by Gasteiger charge is 2.17. The molecule has 3 N–H and O–H groups in total. The molecule has 0 bridgehead atoms. The van der Waals surface area contributed by atoms with Gasteiger partial charge in [-0.05, 0) is 85.4 Å². The van der Waals surface area contributed by atoms with E-state index in [0.29, 0.717) is 29.9 Å². The van der Waals surface area contributed by atoms with Crippen LogP contribution in [0.5, 0.6) is 11.5 Å². The molecule has 1 aliphatic rings. The summed E-state index contributed by atoms with van der Waals surface area (Å²) in [6, 6.07) is 9.00. The summed E-state index contributed by atoms with van der Waals surface area (Å²) in [6.45, 7) is 11.4. The number of amides is 1. The maximum atomic E-state index is 14.5. The van der Waals surface area contributed by atoms with E-state index in [1.54, 1.807) is 25.1 Å². The van der Waals surface area contributed by atoms with Crippen LogP contribution in [0.1, 0.15) is 63.3 Å². The molecule has 1 unspecified atom stereocenters. The summed E-state index contributed by atoms with van der Waals surface area (Å²) >= 11 is 0. The van der Waals surface area contributed by atoms with Gasteiger partial charge in [-0.1, -0.05) is 39.5 Å². The lowest BCUT2D eigenvalue weighted by atomic mass is 10.0. The summed E-state index contributed by atoms with van der Waals surface area (Å²) < 4.78 is 34.0. The lowest BCUT2D eigenvalue weighted by Crippen LogP contribution is -2.33. The summed E-state index contributed by atoms with van der Waals surface area (Å²) in [5, 5.41) is 14.6. The van der Waals surface area contributed by atoms with Crippen LogP contribution in [-0.4, -0.2) is 17.0 Å². The maximum Gasteiger partial charge on any atom is 0.303 e. The topological polar surface area (TPSA) is 87.7 Å². The van der Waals surface area contributed by atoms with E-state index in [4.69, 9.17) is 9.84 Å². The molecule has 0 saturated carbocycles. The van der Waals surface area contributed by atoms with E-state index in [9.17, 15) is 18.4 Å². The van der Waals surface area contributed by atoms with Crippen molar-refractivity contribution in [2.24, 2.45) is 0 Å². The minimum atomic E-state index is -0.861. The predicted molar refractivity (Wildman–Crippen MR) is 149 cm³/mol. The quantitative estimate of drug-likeness (QED) is 0.314. The van der Waals surface area contributed by atoms with Gasteiger partial charge in [0.05, 0.1) is 6.04 Å². The Morgan fingerprint density at radius 3 is 2.51 bits per heavy atom.